The number of hydrogen-bond donors (Lipinski definition) is 2. The van der Waals surface area contributed by atoms with E-state index in [1.807, 2.05) is 4.68 Å². The maximum atomic E-state index is 10.6. The Labute approximate surface area is 117 Å². The molecule has 0 aromatic carbocycles. The van der Waals surface area contributed by atoms with Crippen LogP contribution in [0.5, 0.6) is 0 Å². The van der Waals surface area contributed by atoms with Crippen molar-refractivity contribution in [3.63, 3.8) is 0 Å². The van der Waals surface area contributed by atoms with Crippen LogP contribution in [0.4, 0.5) is 0 Å². The maximum Gasteiger partial charge on any atom is 0.0766 e. The van der Waals surface area contributed by atoms with E-state index < -0.39 is 5.60 Å². The molecule has 1 aliphatic heterocycles. The number of nitrogens with zero attached hydrogens (tertiary/aromatic N) is 2. The third-order valence-corrected chi connectivity index (χ3v) is 4.64. The van der Waals surface area contributed by atoms with Crippen molar-refractivity contribution in [2.45, 2.75) is 51.7 Å². The second-order valence-corrected chi connectivity index (χ2v) is 5.82. The zero-order chi connectivity index (χ0) is 13.2. The number of hydrogen-bond acceptors (Lipinski definition) is 3. The lowest BCUT2D eigenvalue weighted by atomic mass is 9.87. The lowest BCUT2D eigenvalue weighted by Crippen LogP contribution is -2.43. The Morgan fingerprint density at radius 2 is 2.06 bits per heavy atom. The molecule has 5 heteroatoms. The van der Waals surface area contributed by atoms with Gasteiger partial charge in [-0.3, -0.25) is 4.68 Å². The van der Waals surface area contributed by atoms with E-state index in [1.165, 1.54) is 0 Å². The number of aryl methyl sites for hydroxylation is 2. The number of aliphatic hydroxyl groups is 1. The number of piperidine rings is 1. The summed E-state index contributed by atoms with van der Waals surface area (Å²) < 4.78 is 3.10. The van der Waals surface area contributed by atoms with Crippen LogP contribution in [0, 0.1) is 0 Å². The van der Waals surface area contributed by atoms with Crippen LogP contribution in [0.1, 0.15) is 38.1 Å². The van der Waals surface area contributed by atoms with Gasteiger partial charge in [0, 0.05) is 13.0 Å². The molecule has 18 heavy (non-hydrogen) atoms. The van der Waals surface area contributed by atoms with Gasteiger partial charge in [0.2, 0.25) is 0 Å². The minimum absolute atomic E-state index is 0.578. The van der Waals surface area contributed by atoms with E-state index in [0.717, 1.165) is 54.8 Å². The Balaban J connectivity index is 2.24. The molecular formula is C13H22BrN3O. The Kier molecular flexibility index (Phi) is 4.45. The highest BCUT2D eigenvalue weighted by atomic mass is 79.9. The first-order chi connectivity index (χ1) is 8.59. The average molecular weight is 316 g/mol. The van der Waals surface area contributed by atoms with Crippen LogP contribution in [0.15, 0.2) is 4.47 Å². The largest absolute Gasteiger partial charge is 0.389 e. The molecule has 0 bridgehead atoms. The Hall–Kier alpha value is -0.390. The van der Waals surface area contributed by atoms with Gasteiger partial charge in [-0.05, 0) is 55.2 Å². The highest BCUT2D eigenvalue weighted by molar-refractivity contribution is 9.10. The van der Waals surface area contributed by atoms with Crippen molar-refractivity contribution in [3.8, 4) is 0 Å². The first-order valence-electron chi connectivity index (χ1n) is 6.77. The SMILES string of the molecule is CCc1nn(CC)c(CC2(O)CCNCC2)c1Br. The molecule has 102 valence electrons. The molecule has 1 aromatic rings. The standard InChI is InChI=1S/C13H22BrN3O/c1-3-10-12(14)11(17(4-2)16-10)9-13(18)5-7-15-8-6-13/h15,18H,3-9H2,1-2H3. The monoisotopic (exact) mass is 315 g/mol. The van der Waals surface area contributed by atoms with Crippen molar-refractivity contribution >= 4 is 15.9 Å². The minimum atomic E-state index is -0.578. The van der Waals surface area contributed by atoms with E-state index in [-0.39, 0.29) is 0 Å². The highest BCUT2D eigenvalue weighted by Gasteiger charge is 2.32. The molecule has 2 heterocycles. The average Bonchev–Trinajstić information content (AvgIpc) is 2.67. The molecule has 0 aliphatic carbocycles. The minimum Gasteiger partial charge on any atom is -0.389 e. The van der Waals surface area contributed by atoms with Gasteiger partial charge in [0.1, 0.15) is 0 Å². The topological polar surface area (TPSA) is 50.1 Å². The van der Waals surface area contributed by atoms with Crippen LogP contribution in [0.25, 0.3) is 0 Å². The quantitative estimate of drug-likeness (QED) is 0.892. The van der Waals surface area contributed by atoms with Gasteiger partial charge in [-0.1, -0.05) is 6.92 Å². The summed E-state index contributed by atoms with van der Waals surface area (Å²) >= 11 is 3.64. The summed E-state index contributed by atoms with van der Waals surface area (Å²) in [6.07, 6.45) is 3.24. The molecule has 0 atom stereocenters. The fourth-order valence-corrected chi connectivity index (χ4v) is 3.27. The van der Waals surface area contributed by atoms with Crippen LogP contribution in [-0.4, -0.2) is 33.6 Å². The lowest BCUT2D eigenvalue weighted by molar-refractivity contribution is 0.00896. The highest BCUT2D eigenvalue weighted by Crippen LogP contribution is 2.29. The first-order valence-corrected chi connectivity index (χ1v) is 7.56. The fraction of sp³-hybridized carbons (Fsp3) is 0.769. The molecule has 1 aliphatic rings. The van der Waals surface area contributed by atoms with Gasteiger partial charge in [0.25, 0.3) is 0 Å². The van der Waals surface area contributed by atoms with E-state index in [4.69, 9.17) is 0 Å². The number of aromatic nitrogens is 2. The molecule has 0 unspecified atom stereocenters. The predicted molar refractivity (Wildman–Crippen MR) is 75.7 cm³/mol. The van der Waals surface area contributed by atoms with Gasteiger partial charge in [-0.25, -0.2) is 0 Å². The lowest BCUT2D eigenvalue weighted by Gasteiger charge is -2.32. The van der Waals surface area contributed by atoms with Gasteiger partial charge in [-0.2, -0.15) is 5.10 Å². The van der Waals surface area contributed by atoms with Crippen LogP contribution in [0.3, 0.4) is 0 Å². The zero-order valence-electron chi connectivity index (χ0n) is 11.2. The smallest absolute Gasteiger partial charge is 0.0766 e. The van der Waals surface area contributed by atoms with E-state index in [1.54, 1.807) is 0 Å². The van der Waals surface area contributed by atoms with Crippen molar-refractivity contribution in [3.05, 3.63) is 15.9 Å². The van der Waals surface area contributed by atoms with Crippen molar-refractivity contribution in [2.75, 3.05) is 13.1 Å². The molecule has 4 nitrogen and oxygen atoms in total. The first kappa shape index (κ1) is 14.0. The number of nitrogens with one attached hydrogen (secondary N) is 1. The summed E-state index contributed by atoms with van der Waals surface area (Å²) in [4.78, 5) is 0. The van der Waals surface area contributed by atoms with E-state index >= 15 is 0 Å². The molecule has 1 aromatic heterocycles. The summed E-state index contributed by atoms with van der Waals surface area (Å²) in [5, 5.41) is 18.5. The van der Waals surface area contributed by atoms with Crippen molar-refractivity contribution in [2.24, 2.45) is 0 Å². The number of halogens is 1. The van der Waals surface area contributed by atoms with Crippen LogP contribution in [0.2, 0.25) is 0 Å². The molecule has 0 spiro atoms. The van der Waals surface area contributed by atoms with Crippen LogP contribution < -0.4 is 5.32 Å². The summed E-state index contributed by atoms with van der Waals surface area (Å²) in [6.45, 7) is 6.84. The maximum absolute atomic E-state index is 10.6. The van der Waals surface area contributed by atoms with Gasteiger partial charge in [0.15, 0.2) is 0 Å². The summed E-state index contributed by atoms with van der Waals surface area (Å²) in [7, 11) is 0. The molecule has 2 N–H and O–H groups in total. The second-order valence-electron chi connectivity index (χ2n) is 5.03. The van der Waals surface area contributed by atoms with Crippen LogP contribution in [-0.2, 0) is 19.4 Å². The molecular weight excluding hydrogens is 294 g/mol. The van der Waals surface area contributed by atoms with Gasteiger partial charge in [-0.15, -0.1) is 0 Å². The van der Waals surface area contributed by atoms with Crippen molar-refractivity contribution in [1.82, 2.24) is 15.1 Å². The van der Waals surface area contributed by atoms with E-state index in [9.17, 15) is 5.11 Å². The number of rotatable bonds is 4. The van der Waals surface area contributed by atoms with E-state index in [0.29, 0.717) is 6.42 Å². The molecule has 2 rings (SSSR count). The summed E-state index contributed by atoms with van der Waals surface area (Å²) in [5.41, 5.74) is 1.65. The van der Waals surface area contributed by atoms with Gasteiger partial charge in [0.05, 0.1) is 21.5 Å². The molecule has 0 amide bonds. The summed E-state index contributed by atoms with van der Waals surface area (Å²) in [5.74, 6) is 0. The normalized spacial score (nSPS) is 19.1. The second kappa shape index (κ2) is 5.72. The fourth-order valence-electron chi connectivity index (χ4n) is 2.57. The van der Waals surface area contributed by atoms with E-state index in [2.05, 4.69) is 40.2 Å². The third-order valence-electron chi connectivity index (χ3n) is 3.72. The predicted octanol–water partition coefficient (Wildman–Crippen LogP) is 1.88. The van der Waals surface area contributed by atoms with Crippen molar-refractivity contribution in [1.29, 1.82) is 0 Å². The Bertz CT molecular complexity index is 411. The molecule has 1 saturated heterocycles. The Morgan fingerprint density at radius 1 is 1.39 bits per heavy atom. The zero-order valence-corrected chi connectivity index (χ0v) is 12.8. The molecule has 0 saturated carbocycles. The Morgan fingerprint density at radius 3 is 2.61 bits per heavy atom. The van der Waals surface area contributed by atoms with Crippen molar-refractivity contribution < 1.29 is 5.11 Å². The third kappa shape index (κ3) is 2.78. The van der Waals surface area contributed by atoms with Gasteiger partial charge >= 0.3 is 0 Å². The van der Waals surface area contributed by atoms with Gasteiger partial charge < -0.3 is 10.4 Å². The molecule has 1 fully saturated rings. The molecule has 0 radical (unpaired) electrons. The van der Waals surface area contributed by atoms with Crippen LogP contribution >= 0.6 is 15.9 Å². The summed E-state index contributed by atoms with van der Waals surface area (Å²) in [6, 6.07) is 0.